The van der Waals surface area contributed by atoms with Crippen LogP contribution in [0.15, 0.2) is 18.3 Å². The van der Waals surface area contributed by atoms with Crippen LogP contribution in [0.4, 0.5) is 0 Å². The monoisotopic (exact) mass is 221 g/mol. The minimum atomic E-state index is 0.105. The number of rotatable bonds is 3. The molecule has 0 aliphatic heterocycles. The van der Waals surface area contributed by atoms with Gasteiger partial charge < -0.3 is 0 Å². The summed E-state index contributed by atoms with van der Waals surface area (Å²) in [7, 11) is 1.74. The molecule has 2 heterocycles. The number of carbonyl (C=O) groups is 1. The summed E-state index contributed by atoms with van der Waals surface area (Å²) >= 11 is 1.52. The van der Waals surface area contributed by atoms with Gasteiger partial charge in [-0.3, -0.25) is 4.79 Å². The molecule has 2 aromatic heterocycles. The number of nitrogens with zero attached hydrogens (tertiary/aromatic N) is 3. The highest BCUT2D eigenvalue weighted by molar-refractivity contribution is 7.14. The van der Waals surface area contributed by atoms with Crippen molar-refractivity contribution in [3.8, 4) is 0 Å². The van der Waals surface area contributed by atoms with E-state index in [9.17, 15) is 4.79 Å². The predicted molar refractivity (Wildman–Crippen MR) is 58.1 cm³/mol. The summed E-state index contributed by atoms with van der Waals surface area (Å²) in [5, 5.41) is 8.00. The third-order valence-corrected chi connectivity index (χ3v) is 3.05. The molecule has 2 rings (SSSR count). The molecule has 5 heteroatoms. The number of ketones is 1. The molecular formula is C10H11N3OS. The first kappa shape index (κ1) is 10.0. The highest BCUT2D eigenvalue weighted by Crippen LogP contribution is 2.16. The standard InChI is InChI=1S/C10H11N3OS/c1-7-3-4-10(15-7)9(14)5-8-6-11-13(2)12-8/h3-4,6H,5H2,1-2H3. The first-order valence-corrected chi connectivity index (χ1v) is 5.41. The SMILES string of the molecule is Cc1ccc(C(=O)Cc2cnn(C)n2)s1. The summed E-state index contributed by atoms with van der Waals surface area (Å²) in [5.41, 5.74) is 0.716. The van der Waals surface area contributed by atoms with Gasteiger partial charge in [-0.1, -0.05) is 0 Å². The molecule has 78 valence electrons. The molecule has 0 aromatic carbocycles. The Morgan fingerprint density at radius 2 is 2.33 bits per heavy atom. The summed E-state index contributed by atoms with van der Waals surface area (Å²) < 4.78 is 0. The molecule has 0 spiro atoms. The van der Waals surface area contributed by atoms with Gasteiger partial charge in [-0.25, -0.2) is 0 Å². The highest BCUT2D eigenvalue weighted by atomic mass is 32.1. The molecule has 0 bridgehead atoms. The summed E-state index contributed by atoms with van der Waals surface area (Å²) in [6, 6.07) is 3.81. The van der Waals surface area contributed by atoms with Gasteiger partial charge in [0.05, 0.1) is 23.2 Å². The Kier molecular flexibility index (Phi) is 2.64. The second kappa shape index (κ2) is 3.94. The van der Waals surface area contributed by atoms with E-state index in [0.29, 0.717) is 12.1 Å². The Hall–Kier alpha value is -1.49. The summed E-state index contributed by atoms with van der Waals surface area (Å²) in [6.07, 6.45) is 1.95. The fourth-order valence-electron chi connectivity index (χ4n) is 1.30. The molecule has 0 unspecified atom stereocenters. The zero-order chi connectivity index (χ0) is 10.8. The van der Waals surface area contributed by atoms with Gasteiger partial charge in [-0.15, -0.1) is 11.3 Å². The fourth-order valence-corrected chi connectivity index (χ4v) is 2.11. The number of hydrogen-bond acceptors (Lipinski definition) is 4. The lowest BCUT2D eigenvalue weighted by atomic mass is 10.2. The van der Waals surface area contributed by atoms with Crippen LogP contribution >= 0.6 is 11.3 Å². The average Bonchev–Trinajstić information content (AvgIpc) is 2.75. The minimum Gasteiger partial charge on any atom is -0.293 e. The van der Waals surface area contributed by atoms with Gasteiger partial charge in [0, 0.05) is 11.9 Å². The highest BCUT2D eigenvalue weighted by Gasteiger charge is 2.10. The normalized spacial score (nSPS) is 10.5. The maximum absolute atomic E-state index is 11.8. The van der Waals surface area contributed by atoms with Crippen LogP contribution in [0.2, 0.25) is 0 Å². The largest absolute Gasteiger partial charge is 0.293 e. The van der Waals surface area contributed by atoms with E-state index in [1.54, 1.807) is 13.2 Å². The molecule has 0 N–H and O–H groups in total. The number of hydrogen-bond donors (Lipinski definition) is 0. The van der Waals surface area contributed by atoms with Crippen LogP contribution in [-0.4, -0.2) is 20.8 Å². The lowest BCUT2D eigenvalue weighted by Gasteiger charge is -1.92. The van der Waals surface area contributed by atoms with Gasteiger partial charge in [-0.05, 0) is 19.1 Å². The number of Topliss-reactive ketones (excluding diaryl/α,β-unsaturated/α-hetero) is 1. The molecule has 0 radical (unpaired) electrons. The van der Waals surface area contributed by atoms with E-state index in [2.05, 4.69) is 10.2 Å². The topological polar surface area (TPSA) is 47.8 Å². The Balaban J connectivity index is 2.10. The molecule has 4 nitrogen and oxygen atoms in total. The van der Waals surface area contributed by atoms with E-state index in [4.69, 9.17) is 0 Å². The van der Waals surface area contributed by atoms with E-state index in [-0.39, 0.29) is 5.78 Å². The van der Waals surface area contributed by atoms with E-state index < -0.39 is 0 Å². The number of carbonyl (C=O) groups excluding carboxylic acids is 1. The zero-order valence-corrected chi connectivity index (χ0v) is 9.41. The Labute approximate surface area is 91.5 Å². The van der Waals surface area contributed by atoms with E-state index >= 15 is 0 Å². The van der Waals surface area contributed by atoms with Crippen LogP contribution in [0.3, 0.4) is 0 Å². The first-order chi connectivity index (χ1) is 7.15. The molecule has 0 fully saturated rings. The van der Waals surface area contributed by atoms with Crippen LogP contribution in [0, 0.1) is 6.92 Å². The third kappa shape index (κ3) is 2.30. The van der Waals surface area contributed by atoms with Gasteiger partial charge in [0.1, 0.15) is 0 Å². The zero-order valence-electron chi connectivity index (χ0n) is 8.60. The molecule has 0 amide bonds. The molecule has 0 saturated heterocycles. The first-order valence-electron chi connectivity index (χ1n) is 4.60. The van der Waals surface area contributed by atoms with Crippen molar-refractivity contribution < 1.29 is 4.79 Å². The Morgan fingerprint density at radius 1 is 1.53 bits per heavy atom. The van der Waals surface area contributed by atoms with Crippen LogP contribution in [-0.2, 0) is 13.5 Å². The summed E-state index contributed by atoms with van der Waals surface area (Å²) in [4.78, 5) is 15.2. The lowest BCUT2D eigenvalue weighted by molar-refractivity contribution is 0.0995. The average molecular weight is 221 g/mol. The lowest BCUT2D eigenvalue weighted by Crippen LogP contribution is -2.02. The third-order valence-electron chi connectivity index (χ3n) is 2.00. The number of aryl methyl sites for hydroxylation is 2. The Morgan fingerprint density at radius 3 is 2.87 bits per heavy atom. The van der Waals surface area contributed by atoms with Crippen LogP contribution in [0.1, 0.15) is 20.2 Å². The maximum Gasteiger partial charge on any atom is 0.178 e. The maximum atomic E-state index is 11.8. The van der Waals surface area contributed by atoms with Crippen molar-refractivity contribution in [2.75, 3.05) is 0 Å². The molecular weight excluding hydrogens is 210 g/mol. The van der Waals surface area contributed by atoms with Gasteiger partial charge in [0.2, 0.25) is 0 Å². The van der Waals surface area contributed by atoms with Crippen molar-refractivity contribution in [3.05, 3.63) is 33.8 Å². The predicted octanol–water partition coefficient (Wildman–Crippen LogP) is 1.61. The number of aromatic nitrogens is 3. The van der Waals surface area contributed by atoms with E-state index in [1.165, 1.54) is 16.1 Å². The molecule has 0 atom stereocenters. The minimum absolute atomic E-state index is 0.105. The summed E-state index contributed by atoms with van der Waals surface area (Å²) in [6.45, 7) is 1.99. The molecule has 0 aliphatic carbocycles. The second-order valence-corrected chi connectivity index (χ2v) is 4.62. The van der Waals surface area contributed by atoms with Crippen molar-refractivity contribution in [1.29, 1.82) is 0 Å². The fraction of sp³-hybridized carbons (Fsp3) is 0.300. The van der Waals surface area contributed by atoms with Crippen LogP contribution < -0.4 is 0 Å². The van der Waals surface area contributed by atoms with Crippen LogP contribution in [0.5, 0.6) is 0 Å². The van der Waals surface area contributed by atoms with E-state index in [0.717, 1.165) is 9.75 Å². The Bertz CT molecular complexity index is 486. The van der Waals surface area contributed by atoms with Crippen molar-refractivity contribution in [2.24, 2.45) is 7.05 Å². The summed E-state index contributed by atoms with van der Waals surface area (Å²) in [5.74, 6) is 0.105. The van der Waals surface area contributed by atoms with Crippen LogP contribution in [0.25, 0.3) is 0 Å². The van der Waals surface area contributed by atoms with Gasteiger partial charge in [-0.2, -0.15) is 15.0 Å². The van der Waals surface area contributed by atoms with Crippen molar-refractivity contribution >= 4 is 17.1 Å². The van der Waals surface area contributed by atoms with Crippen molar-refractivity contribution in [1.82, 2.24) is 15.0 Å². The second-order valence-electron chi connectivity index (χ2n) is 3.34. The molecule has 2 aromatic rings. The van der Waals surface area contributed by atoms with Crippen molar-refractivity contribution in [3.63, 3.8) is 0 Å². The van der Waals surface area contributed by atoms with Gasteiger partial charge in [0.15, 0.2) is 5.78 Å². The molecule has 15 heavy (non-hydrogen) atoms. The number of thiophene rings is 1. The quantitative estimate of drug-likeness (QED) is 0.740. The van der Waals surface area contributed by atoms with Crippen molar-refractivity contribution in [2.45, 2.75) is 13.3 Å². The smallest absolute Gasteiger partial charge is 0.178 e. The van der Waals surface area contributed by atoms with E-state index in [1.807, 2.05) is 19.1 Å². The molecule has 0 saturated carbocycles. The van der Waals surface area contributed by atoms with Gasteiger partial charge in [0.25, 0.3) is 0 Å². The molecule has 0 aliphatic rings. The van der Waals surface area contributed by atoms with Gasteiger partial charge >= 0.3 is 0 Å².